The fourth-order valence-electron chi connectivity index (χ4n) is 1.99. The van der Waals surface area contributed by atoms with Crippen LogP contribution in [0.5, 0.6) is 0 Å². The van der Waals surface area contributed by atoms with E-state index in [9.17, 15) is 14.0 Å². The van der Waals surface area contributed by atoms with Gasteiger partial charge in [-0.25, -0.2) is 4.39 Å². The van der Waals surface area contributed by atoms with Crippen molar-refractivity contribution in [2.24, 2.45) is 0 Å². The highest BCUT2D eigenvalue weighted by molar-refractivity contribution is 6.25. The van der Waals surface area contributed by atoms with Crippen molar-refractivity contribution in [3.63, 3.8) is 0 Å². The van der Waals surface area contributed by atoms with Crippen LogP contribution < -0.4 is 10.6 Å². The van der Waals surface area contributed by atoms with E-state index in [1.54, 1.807) is 12.4 Å². The van der Waals surface area contributed by atoms with Gasteiger partial charge in [-0.1, -0.05) is 24.8 Å². The molecule has 1 rings (SSSR count). The summed E-state index contributed by atoms with van der Waals surface area (Å²) in [6.45, 7) is 7.55. The fourth-order valence-corrected chi connectivity index (χ4v) is 2.05. The molecule has 0 spiro atoms. The van der Waals surface area contributed by atoms with Crippen LogP contribution in [0.4, 0.5) is 4.39 Å². The fraction of sp³-hybridized carbons (Fsp3) is 0.250. The number of carbonyl (C=O) groups is 2. The van der Waals surface area contributed by atoms with Crippen LogP contribution >= 0.6 is 11.6 Å². The lowest BCUT2D eigenvalue weighted by atomic mass is 10.2. The van der Waals surface area contributed by atoms with Gasteiger partial charge in [0.05, 0.1) is 0 Å². The van der Waals surface area contributed by atoms with E-state index in [0.29, 0.717) is 25.0 Å². The quantitative estimate of drug-likeness (QED) is 0.317. The molecule has 0 fully saturated rings. The summed E-state index contributed by atoms with van der Waals surface area (Å²) in [5.74, 6) is -1.33. The Kier molecular flexibility index (Phi) is 11.0. The second-order valence-electron chi connectivity index (χ2n) is 5.60. The first-order chi connectivity index (χ1) is 13.5. The molecule has 0 saturated carbocycles. The Balaban J connectivity index is 2.23. The maximum absolute atomic E-state index is 13.0. The average Bonchev–Trinajstić information content (AvgIpc) is 2.71. The summed E-state index contributed by atoms with van der Waals surface area (Å²) >= 11 is 5.21. The normalized spacial score (nSPS) is 11.5. The number of hydrogen-bond acceptors (Lipinski definition) is 4. The lowest BCUT2D eigenvalue weighted by Crippen LogP contribution is -2.31. The number of halogens is 2. The molecule has 0 radical (unpaired) electrons. The third kappa shape index (κ3) is 9.68. The van der Waals surface area contributed by atoms with E-state index in [4.69, 9.17) is 16.3 Å². The Morgan fingerprint density at radius 2 is 1.96 bits per heavy atom. The largest absolute Gasteiger partial charge is 0.484 e. The van der Waals surface area contributed by atoms with Crippen molar-refractivity contribution in [1.29, 1.82) is 0 Å². The molecule has 0 bridgehead atoms. The molecular formula is C20H23ClFN3O3. The SMILES string of the molecule is C=C/C(=C\C(F)=C\Cl)OCC(=O)NCCC(=C)C(=O)NCCc1ccncc1. The predicted molar refractivity (Wildman–Crippen MR) is 107 cm³/mol. The minimum Gasteiger partial charge on any atom is -0.484 e. The monoisotopic (exact) mass is 407 g/mol. The number of allylic oxidation sites excluding steroid dienone is 3. The van der Waals surface area contributed by atoms with Crippen molar-refractivity contribution < 1.29 is 18.7 Å². The van der Waals surface area contributed by atoms with E-state index in [1.165, 1.54) is 6.08 Å². The Labute approximate surface area is 168 Å². The van der Waals surface area contributed by atoms with Gasteiger partial charge >= 0.3 is 0 Å². The minimum atomic E-state index is -0.719. The van der Waals surface area contributed by atoms with Crippen LogP contribution in [-0.2, 0) is 20.7 Å². The number of hydrogen-bond donors (Lipinski definition) is 2. The summed E-state index contributed by atoms with van der Waals surface area (Å²) in [5.41, 5.74) is 2.17. The number of aromatic nitrogens is 1. The molecule has 1 aromatic heterocycles. The highest BCUT2D eigenvalue weighted by atomic mass is 35.5. The van der Waals surface area contributed by atoms with Gasteiger partial charge in [0.15, 0.2) is 6.61 Å². The Morgan fingerprint density at radius 1 is 1.25 bits per heavy atom. The van der Waals surface area contributed by atoms with Crippen molar-refractivity contribution >= 4 is 23.4 Å². The number of pyridine rings is 1. The van der Waals surface area contributed by atoms with Crippen molar-refractivity contribution in [1.82, 2.24) is 15.6 Å². The Bertz CT molecular complexity index is 748. The smallest absolute Gasteiger partial charge is 0.257 e. The standard InChI is InChI=1S/C20H23ClFN3O3/c1-3-18(12-17(22)13-21)28-14-19(26)24-10-4-15(2)20(27)25-11-7-16-5-8-23-9-6-16/h3,5-6,8-9,12-13H,1-2,4,7,10-11,14H2,(H,24,26)(H,25,27)/b17-13-,18-12+. The molecule has 0 unspecified atom stereocenters. The van der Waals surface area contributed by atoms with Crippen LogP contribution in [-0.4, -0.2) is 36.5 Å². The summed E-state index contributed by atoms with van der Waals surface area (Å²) in [5, 5.41) is 5.36. The van der Waals surface area contributed by atoms with Gasteiger partial charge in [0.2, 0.25) is 5.91 Å². The van der Waals surface area contributed by atoms with Gasteiger partial charge in [0.1, 0.15) is 11.6 Å². The van der Waals surface area contributed by atoms with Crippen molar-refractivity contribution in [2.45, 2.75) is 12.8 Å². The molecular weight excluding hydrogens is 385 g/mol. The summed E-state index contributed by atoms with van der Waals surface area (Å²) in [6.07, 6.45) is 6.63. The van der Waals surface area contributed by atoms with Crippen molar-refractivity contribution in [3.8, 4) is 0 Å². The molecule has 6 nitrogen and oxygen atoms in total. The maximum Gasteiger partial charge on any atom is 0.257 e. The van der Waals surface area contributed by atoms with Gasteiger partial charge in [-0.05, 0) is 36.6 Å². The molecule has 150 valence electrons. The van der Waals surface area contributed by atoms with E-state index in [2.05, 4.69) is 28.8 Å². The van der Waals surface area contributed by atoms with Crippen LogP contribution in [0.25, 0.3) is 0 Å². The number of nitrogens with one attached hydrogen (secondary N) is 2. The third-order valence-electron chi connectivity index (χ3n) is 3.47. The predicted octanol–water partition coefficient (Wildman–Crippen LogP) is 2.94. The Morgan fingerprint density at radius 3 is 2.61 bits per heavy atom. The van der Waals surface area contributed by atoms with Gasteiger partial charge < -0.3 is 15.4 Å². The van der Waals surface area contributed by atoms with E-state index in [0.717, 1.165) is 17.2 Å². The number of amides is 2. The number of ether oxygens (including phenoxy) is 1. The van der Waals surface area contributed by atoms with Gasteiger partial charge in [0, 0.05) is 42.7 Å². The summed E-state index contributed by atoms with van der Waals surface area (Å²) < 4.78 is 18.1. The topological polar surface area (TPSA) is 80.3 Å². The first kappa shape index (κ1) is 23.1. The zero-order valence-electron chi connectivity index (χ0n) is 15.4. The molecule has 0 aromatic carbocycles. The van der Waals surface area contributed by atoms with Crippen molar-refractivity contribution in [2.75, 3.05) is 19.7 Å². The number of carbonyl (C=O) groups excluding carboxylic acids is 2. The molecule has 1 aromatic rings. The number of nitrogens with zero attached hydrogens (tertiary/aromatic N) is 1. The lowest BCUT2D eigenvalue weighted by Gasteiger charge is -2.10. The molecule has 2 N–H and O–H groups in total. The molecule has 0 saturated heterocycles. The second kappa shape index (κ2) is 13.3. The van der Waals surface area contributed by atoms with E-state index >= 15 is 0 Å². The van der Waals surface area contributed by atoms with Crippen LogP contribution in [0, 0.1) is 0 Å². The van der Waals surface area contributed by atoms with Crippen LogP contribution in [0.2, 0.25) is 0 Å². The number of rotatable bonds is 12. The maximum atomic E-state index is 13.0. The molecule has 0 aliphatic rings. The Hall–Kier alpha value is -2.93. The zero-order chi connectivity index (χ0) is 20.8. The molecule has 2 amide bonds. The van der Waals surface area contributed by atoms with Gasteiger partial charge in [-0.15, -0.1) is 0 Å². The molecule has 0 atom stereocenters. The highest BCUT2D eigenvalue weighted by Crippen LogP contribution is 2.07. The van der Waals surface area contributed by atoms with E-state index in [1.807, 2.05) is 12.1 Å². The second-order valence-corrected chi connectivity index (χ2v) is 5.82. The highest BCUT2D eigenvalue weighted by Gasteiger charge is 2.08. The van der Waals surface area contributed by atoms with E-state index in [-0.39, 0.29) is 24.8 Å². The van der Waals surface area contributed by atoms with Crippen LogP contribution in [0.15, 0.2) is 72.5 Å². The molecule has 0 aliphatic heterocycles. The van der Waals surface area contributed by atoms with Gasteiger partial charge in [-0.2, -0.15) is 0 Å². The first-order valence-corrected chi connectivity index (χ1v) is 8.94. The van der Waals surface area contributed by atoms with Crippen molar-refractivity contribution in [3.05, 3.63) is 78.1 Å². The first-order valence-electron chi connectivity index (χ1n) is 8.50. The molecule has 8 heteroatoms. The molecule has 0 aliphatic carbocycles. The zero-order valence-corrected chi connectivity index (χ0v) is 16.2. The third-order valence-corrected chi connectivity index (χ3v) is 3.68. The summed E-state index contributed by atoms with van der Waals surface area (Å²) in [6, 6.07) is 3.76. The van der Waals surface area contributed by atoms with Gasteiger partial charge in [-0.3, -0.25) is 14.6 Å². The average molecular weight is 408 g/mol. The van der Waals surface area contributed by atoms with Crippen LogP contribution in [0.3, 0.4) is 0 Å². The van der Waals surface area contributed by atoms with E-state index < -0.39 is 11.7 Å². The molecule has 28 heavy (non-hydrogen) atoms. The minimum absolute atomic E-state index is 0.0718. The summed E-state index contributed by atoms with van der Waals surface area (Å²) in [4.78, 5) is 27.6. The van der Waals surface area contributed by atoms with Crippen LogP contribution in [0.1, 0.15) is 12.0 Å². The van der Waals surface area contributed by atoms with Gasteiger partial charge in [0.25, 0.3) is 5.91 Å². The summed E-state index contributed by atoms with van der Waals surface area (Å²) in [7, 11) is 0. The molecule has 1 heterocycles. The lowest BCUT2D eigenvalue weighted by molar-refractivity contribution is -0.124.